The fraction of sp³-hybridized carbons (Fsp3) is 0.455. The van der Waals surface area contributed by atoms with Crippen LogP contribution in [0, 0.1) is 10.1 Å². The molecule has 0 radical (unpaired) electrons. The summed E-state index contributed by atoms with van der Waals surface area (Å²) in [7, 11) is 1.65. The summed E-state index contributed by atoms with van der Waals surface area (Å²) in [5, 5.41) is 16.0. The minimum Gasteiger partial charge on any atom is -0.370 e. The highest BCUT2D eigenvalue weighted by atomic mass is 32.2. The van der Waals surface area contributed by atoms with Gasteiger partial charge in [0.05, 0.1) is 4.92 Å². The average molecular weight is 302 g/mol. The standard InChI is InChI=1S/C11H18N4O2S2/c1-13-11(7-15(16)17)14-4-5-18-8-10-3-2-9(6-12)19-10/h2-3,7,13-14H,4-6,8,12H2,1H3. The lowest BCUT2D eigenvalue weighted by molar-refractivity contribution is -0.404. The van der Waals surface area contributed by atoms with Gasteiger partial charge in [0.15, 0.2) is 5.82 Å². The number of thiophene rings is 1. The molecule has 0 bridgehead atoms. The Morgan fingerprint density at radius 1 is 1.58 bits per heavy atom. The molecule has 1 aromatic rings. The van der Waals surface area contributed by atoms with Gasteiger partial charge in [0.1, 0.15) is 0 Å². The van der Waals surface area contributed by atoms with Crippen LogP contribution in [0.1, 0.15) is 9.75 Å². The fourth-order valence-electron chi connectivity index (χ4n) is 1.34. The zero-order chi connectivity index (χ0) is 14.1. The molecule has 19 heavy (non-hydrogen) atoms. The summed E-state index contributed by atoms with van der Waals surface area (Å²) in [6, 6.07) is 4.15. The van der Waals surface area contributed by atoms with Crippen molar-refractivity contribution in [1.82, 2.24) is 10.6 Å². The summed E-state index contributed by atoms with van der Waals surface area (Å²) in [6.45, 7) is 1.27. The van der Waals surface area contributed by atoms with Crippen LogP contribution >= 0.6 is 23.1 Å². The van der Waals surface area contributed by atoms with Crippen molar-refractivity contribution in [3.8, 4) is 0 Å². The highest BCUT2D eigenvalue weighted by Crippen LogP contribution is 2.20. The molecule has 6 nitrogen and oxygen atoms in total. The smallest absolute Gasteiger partial charge is 0.274 e. The molecule has 1 heterocycles. The molecule has 0 unspecified atom stereocenters. The lowest BCUT2D eigenvalue weighted by atomic mass is 10.4. The quantitative estimate of drug-likeness (QED) is 0.362. The number of nitrogens with one attached hydrogen (secondary N) is 2. The Kier molecular flexibility index (Phi) is 7.31. The van der Waals surface area contributed by atoms with E-state index in [4.69, 9.17) is 5.73 Å². The van der Waals surface area contributed by atoms with Crippen LogP contribution in [0.2, 0.25) is 0 Å². The van der Waals surface area contributed by atoms with Gasteiger partial charge in [-0.15, -0.1) is 11.3 Å². The van der Waals surface area contributed by atoms with E-state index in [1.807, 2.05) is 0 Å². The Hall–Kier alpha value is -1.25. The van der Waals surface area contributed by atoms with E-state index >= 15 is 0 Å². The van der Waals surface area contributed by atoms with Crippen LogP contribution in [0.15, 0.2) is 24.2 Å². The zero-order valence-electron chi connectivity index (χ0n) is 10.7. The normalized spacial score (nSPS) is 11.4. The predicted molar refractivity (Wildman–Crippen MR) is 80.5 cm³/mol. The van der Waals surface area contributed by atoms with Crippen LogP contribution in [-0.4, -0.2) is 24.3 Å². The lowest BCUT2D eigenvalue weighted by Gasteiger charge is -2.07. The lowest BCUT2D eigenvalue weighted by Crippen LogP contribution is -2.26. The van der Waals surface area contributed by atoms with Crippen molar-refractivity contribution in [1.29, 1.82) is 0 Å². The van der Waals surface area contributed by atoms with Crippen molar-refractivity contribution >= 4 is 23.1 Å². The molecule has 106 valence electrons. The number of hydrogen-bond donors (Lipinski definition) is 3. The maximum Gasteiger partial charge on any atom is 0.274 e. The van der Waals surface area contributed by atoms with Gasteiger partial charge in [0.25, 0.3) is 6.20 Å². The van der Waals surface area contributed by atoms with E-state index < -0.39 is 4.92 Å². The topological polar surface area (TPSA) is 93.2 Å². The van der Waals surface area contributed by atoms with E-state index in [2.05, 4.69) is 22.8 Å². The molecule has 0 saturated heterocycles. The highest BCUT2D eigenvalue weighted by molar-refractivity contribution is 7.98. The zero-order valence-corrected chi connectivity index (χ0v) is 12.4. The molecule has 0 aromatic carbocycles. The van der Waals surface area contributed by atoms with Crippen molar-refractivity contribution in [3.63, 3.8) is 0 Å². The van der Waals surface area contributed by atoms with E-state index in [0.29, 0.717) is 18.9 Å². The van der Waals surface area contributed by atoms with E-state index in [-0.39, 0.29) is 0 Å². The number of thioether (sulfide) groups is 1. The SMILES string of the molecule is CNC(=C[N+](=O)[O-])NCCSCc1ccc(CN)s1. The first kappa shape index (κ1) is 15.8. The van der Waals surface area contributed by atoms with Crippen molar-refractivity contribution in [2.45, 2.75) is 12.3 Å². The molecule has 0 aliphatic rings. The molecule has 0 aliphatic heterocycles. The largest absolute Gasteiger partial charge is 0.370 e. The third kappa shape index (κ3) is 6.46. The molecule has 0 fully saturated rings. The molecule has 0 amide bonds. The van der Waals surface area contributed by atoms with Crippen LogP contribution in [0.3, 0.4) is 0 Å². The second-order valence-corrected chi connectivity index (χ2v) is 5.99. The Bertz CT molecular complexity index is 434. The first-order valence-corrected chi connectivity index (χ1v) is 7.75. The third-order valence-corrected chi connectivity index (χ3v) is 4.53. The summed E-state index contributed by atoms with van der Waals surface area (Å²) in [5.74, 6) is 2.25. The molecule has 4 N–H and O–H groups in total. The minimum atomic E-state index is -0.480. The van der Waals surface area contributed by atoms with Gasteiger partial charge in [0, 0.05) is 41.4 Å². The van der Waals surface area contributed by atoms with Crippen molar-refractivity contribution < 1.29 is 4.92 Å². The van der Waals surface area contributed by atoms with Crippen LogP contribution in [0.5, 0.6) is 0 Å². The maximum absolute atomic E-state index is 10.3. The molecule has 8 heteroatoms. The Morgan fingerprint density at radius 3 is 2.89 bits per heavy atom. The van der Waals surface area contributed by atoms with Gasteiger partial charge in [-0.3, -0.25) is 10.1 Å². The molecular weight excluding hydrogens is 284 g/mol. The van der Waals surface area contributed by atoms with Gasteiger partial charge in [-0.2, -0.15) is 11.8 Å². The molecule has 0 spiro atoms. The second kappa shape index (κ2) is 8.78. The Balaban J connectivity index is 2.18. The van der Waals surface area contributed by atoms with Crippen molar-refractivity contribution in [2.24, 2.45) is 5.73 Å². The van der Waals surface area contributed by atoms with Crippen LogP contribution in [0.25, 0.3) is 0 Å². The number of nitrogens with two attached hydrogens (primary N) is 1. The van der Waals surface area contributed by atoms with Gasteiger partial charge >= 0.3 is 0 Å². The Labute approximate surface area is 120 Å². The molecule has 0 aliphatic carbocycles. The minimum absolute atomic E-state index is 0.423. The van der Waals surface area contributed by atoms with Crippen LogP contribution < -0.4 is 16.4 Å². The van der Waals surface area contributed by atoms with E-state index in [1.165, 1.54) is 9.75 Å². The van der Waals surface area contributed by atoms with Crippen molar-refractivity contribution in [3.05, 3.63) is 44.0 Å². The molecular formula is C11H18N4O2S2. The van der Waals surface area contributed by atoms with E-state index in [1.54, 1.807) is 30.1 Å². The predicted octanol–water partition coefficient (Wildman–Crippen LogP) is 1.32. The van der Waals surface area contributed by atoms with E-state index in [0.717, 1.165) is 17.7 Å². The van der Waals surface area contributed by atoms with Crippen LogP contribution in [-0.2, 0) is 12.3 Å². The number of hydrogen-bond acceptors (Lipinski definition) is 7. The summed E-state index contributed by atoms with van der Waals surface area (Å²) in [4.78, 5) is 12.3. The number of nitrogens with zero attached hydrogens (tertiary/aromatic N) is 1. The number of nitro groups is 1. The second-order valence-electron chi connectivity index (χ2n) is 3.63. The molecule has 0 saturated carbocycles. The van der Waals surface area contributed by atoms with Gasteiger partial charge in [-0.05, 0) is 12.1 Å². The van der Waals surface area contributed by atoms with Gasteiger partial charge < -0.3 is 16.4 Å². The van der Waals surface area contributed by atoms with Crippen LogP contribution in [0.4, 0.5) is 0 Å². The molecule has 1 aromatic heterocycles. The summed E-state index contributed by atoms with van der Waals surface area (Å²) >= 11 is 3.51. The highest BCUT2D eigenvalue weighted by Gasteiger charge is 2.01. The fourth-order valence-corrected chi connectivity index (χ4v) is 3.21. The average Bonchev–Trinajstić information content (AvgIpc) is 2.84. The monoisotopic (exact) mass is 302 g/mol. The van der Waals surface area contributed by atoms with E-state index in [9.17, 15) is 10.1 Å². The summed E-state index contributed by atoms with van der Waals surface area (Å²) in [6.07, 6.45) is 0.928. The van der Waals surface area contributed by atoms with Gasteiger partial charge in [-0.1, -0.05) is 0 Å². The maximum atomic E-state index is 10.3. The summed E-state index contributed by atoms with van der Waals surface area (Å²) < 4.78 is 0. The van der Waals surface area contributed by atoms with Gasteiger partial charge in [-0.25, -0.2) is 0 Å². The van der Waals surface area contributed by atoms with Gasteiger partial charge in [0.2, 0.25) is 0 Å². The first-order valence-electron chi connectivity index (χ1n) is 5.78. The molecule has 0 atom stereocenters. The first-order chi connectivity index (χ1) is 9.15. The number of rotatable bonds is 9. The molecule has 1 rings (SSSR count). The third-order valence-electron chi connectivity index (χ3n) is 2.23. The summed E-state index contributed by atoms with van der Waals surface area (Å²) in [5.41, 5.74) is 5.55. The van der Waals surface area contributed by atoms with Crippen molar-refractivity contribution in [2.75, 3.05) is 19.3 Å². The Morgan fingerprint density at radius 2 is 2.32 bits per heavy atom.